The number of hydrogen-bond donors (Lipinski definition) is 0. The van der Waals surface area contributed by atoms with Crippen LogP contribution in [0.5, 0.6) is 11.5 Å². The van der Waals surface area contributed by atoms with Crippen molar-refractivity contribution in [3.05, 3.63) is 89.0 Å². The normalized spacial score (nSPS) is 16.0. The Kier molecular flexibility index (Phi) is 6.57. The molecule has 0 N–H and O–H groups in total. The van der Waals surface area contributed by atoms with Crippen molar-refractivity contribution in [2.75, 3.05) is 6.54 Å². The lowest BCUT2D eigenvalue weighted by Gasteiger charge is -2.36. The first-order valence-electron chi connectivity index (χ1n) is 10.3. The number of hydrogen-bond acceptors (Lipinski definition) is 3. The van der Waals surface area contributed by atoms with Crippen LogP contribution in [0.25, 0.3) is 0 Å². The largest absolute Gasteiger partial charge is 0.451 e. The van der Waals surface area contributed by atoms with Crippen LogP contribution in [0.2, 0.25) is 0 Å². The highest BCUT2D eigenvalue weighted by atomic mass is 19.2. The lowest BCUT2D eigenvalue weighted by Crippen LogP contribution is -2.39. The summed E-state index contributed by atoms with van der Waals surface area (Å²) in [6, 6.07) is 9.32. The molecule has 1 amide bonds. The molecule has 0 unspecified atom stereocenters. The molecule has 172 valence electrons. The van der Waals surface area contributed by atoms with E-state index in [1.165, 1.54) is 24.3 Å². The van der Waals surface area contributed by atoms with Gasteiger partial charge in [-0.05, 0) is 48.6 Å². The fraction of sp³-hybridized carbons (Fsp3) is 0.250. The van der Waals surface area contributed by atoms with Gasteiger partial charge in [-0.15, -0.1) is 0 Å². The van der Waals surface area contributed by atoms with Crippen LogP contribution in [-0.4, -0.2) is 22.3 Å². The predicted octanol–water partition coefficient (Wildman–Crippen LogP) is 5.87. The molecule has 1 atom stereocenters. The maximum absolute atomic E-state index is 13.8. The third-order valence-corrected chi connectivity index (χ3v) is 5.56. The van der Waals surface area contributed by atoms with Gasteiger partial charge in [-0.1, -0.05) is 18.2 Å². The maximum Gasteiger partial charge on any atom is 0.227 e. The van der Waals surface area contributed by atoms with Crippen molar-refractivity contribution in [1.29, 1.82) is 0 Å². The standard InChI is InChI=1S/C24H19F5N2O2/c25-19-20(26)22(28)24(23(29)21(19)27)33-16-8-6-14(7-9-16)12-18(32)31-11-2-1-5-17(31)15-4-3-10-30-13-15/h3-4,6-10,13,17H,1-2,5,11-12H2/t17-/m0/s1. The highest BCUT2D eigenvalue weighted by Gasteiger charge is 2.29. The number of halogens is 5. The van der Waals surface area contributed by atoms with Gasteiger partial charge < -0.3 is 9.64 Å². The molecule has 4 rings (SSSR count). The van der Waals surface area contributed by atoms with Crippen LogP contribution >= 0.6 is 0 Å². The number of piperidine rings is 1. The summed E-state index contributed by atoms with van der Waals surface area (Å²) in [6.07, 6.45) is 6.26. The smallest absolute Gasteiger partial charge is 0.227 e. The first kappa shape index (κ1) is 22.7. The third-order valence-electron chi connectivity index (χ3n) is 5.56. The van der Waals surface area contributed by atoms with E-state index < -0.39 is 34.8 Å². The zero-order valence-corrected chi connectivity index (χ0v) is 17.3. The average molecular weight is 462 g/mol. The topological polar surface area (TPSA) is 42.4 Å². The van der Waals surface area contributed by atoms with Gasteiger partial charge in [-0.25, -0.2) is 13.2 Å². The fourth-order valence-electron chi connectivity index (χ4n) is 3.89. The second kappa shape index (κ2) is 9.56. The summed E-state index contributed by atoms with van der Waals surface area (Å²) < 4.78 is 72.4. The minimum absolute atomic E-state index is 0.0585. The summed E-state index contributed by atoms with van der Waals surface area (Å²) in [5, 5.41) is 0. The molecular weight excluding hydrogens is 443 g/mol. The second-order valence-corrected chi connectivity index (χ2v) is 7.71. The molecular formula is C24H19F5N2O2. The van der Waals surface area contributed by atoms with Crippen LogP contribution in [0.1, 0.15) is 36.4 Å². The Labute approximate surface area is 186 Å². The highest BCUT2D eigenvalue weighted by molar-refractivity contribution is 5.79. The van der Waals surface area contributed by atoms with Gasteiger partial charge in [-0.2, -0.15) is 8.78 Å². The van der Waals surface area contributed by atoms with E-state index in [0.717, 1.165) is 24.8 Å². The van der Waals surface area contributed by atoms with Crippen molar-refractivity contribution in [3.8, 4) is 11.5 Å². The number of aromatic nitrogens is 1. The summed E-state index contributed by atoms with van der Waals surface area (Å²) >= 11 is 0. The highest BCUT2D eigenvalue weighted by Crippen LogP contribution is 2.33. The molecule has 0 saturated carbocycles. The van der Waals surface area contributed by atoms with E-state index in [4.69, 9.17) is 4.74 Å². The van der Waals surface area contributed by atoms with E-state index in [1.807, 2.05) is 17.0 Å². The van der Waals surface area contributed by atoms with Crippen LogP contribution in [0.15, 0.2) is 48.8 Å². The van der Waals surface area contributed by atoms with Crippen LogP contribution < -0.4 is 4.74 Å². The van der Waals surface area contributed by atoms with Crippen LogP contribution in [-0.2, 0) is 11.2 Å². The monoisotopic (exact) mass is 462 g/mol. The van der Waals surface area contributed by atoms with E-state index in [1.54, 1.807) is 12.4 Å². The number of amides is 1. The minimum Gasteiger partial charge on any atom is -0.451 e. The molecule has 9 heteroatoms. The van der Waals surface area contributed by atoms with Gasteiger partial charge in [0.05, 0.1) is 12.5 Å². The van der Waals surface area contributed by atoms with Crippen molar-refractivity contribution in [2.24, 2.45) is 0 Å². The number of carbonyl (C=O) groups excluding carboxylic acids is 1. The van der Waals surface area contributed by atoms with Crippen molar-refractivity contribution >= 4 is 5.91 Å². The van der Waals surface area contributed by atoms with Crippen molar-refractivity contribution in [2.45, 2.75) is 31.7 Å². The van der Waals surface area contributed by atoms with E-state index in [-0.39, 0.29) is 24.1 Å². The van der Waals surface area contributed by atoms with Crippen LogP contribution in [0, 0.1) is 29.1 Å². The number of nitrogens with zero attached hydrogens (tertiary/aromatic N) is 2. The Morgan fingerprint density at radius 1 is 0.939 bits per heavy atom. The molecule has 1 saturated heterocycles. The molecule has 0 spiro atoms. The fourth-order valence-corrected chi connectivity index (χ4v) is 3.89. The molecule has 1 aliphatic heterocycles. The zero-order valence-electron chi connectivity index (χ0n) is 17.3. The quantitative estimate of drug-likeness (QED) is 0.271. The lowest BCUT2D eigenvalue weighted by molar-refractivity contribution is -0.134. The van der Waals surface area contributed by atoms with E-state index in [9.17, 15) is 26.7 Å². The van der Waals surface area contributed by atoms with Crippen molar-refractivity contribution in [3.63, 3.8) is 0 Å². The summed E-state index contributed by atoms with van der Waals surface area (Å²) in [7, 11) is 0. The van der Waals surface area contributed by atoms with E-state index in [0.29, 0.717) is 12.1 Å². The predicted molar refractivity (Wildman–Crippen MR) is 109 cm³/mol. The molecule has 0 radical (unpaired) electrons. The number of likely N-dealkylation sites (tertiary alicyclic amines) is 1. The van der Waals surface area contributed by atoms with Crippen LogP contribution in [0.4, 0.5) is 22.0 Å². The Bertz CT molecular complexity index is 1130. The summed E-state index contributed by atoms with van der Waals surface area (Å²) in [5.74, 6) is -12.2. The molecule has 33 heavy (non-hydrogen) atoms. The van der Waals surface area contributed by atoms with Crippen molar-refractivity contribution in [1.82, 2.24) is 9.88 Å². The third kappa shape index (κ3) is 4.67. The van der Waals surface area contributed by atoms with Gasteiger partial charge in [0.1, 0.15) is 5.75 Å². The number of pyridine rings is 1. The van der Waals surface area contributed by atoms with Gasteiger partial charge >= 0.3 is 0 Å². The van der Waals surface area contributed by atoms with Gasteiger partial charge in [0.2, 0.25) is 40.7 Å². The van der Waals surface area contributed by atoms with Gasteiger partial charge in [0.15, 0.2) is 0 Å². The molecule has 1 aromatic heterocycles. The molecule has 0 bridgehead atoms. The summed E-state index contributed by atoms with van der Waals surface area (Å²) in [6.45, 7) is 0.625. The van der Waals surface area contributed by atoms with Gasteiger partial charge in [0.25, 0.3) is 0 Å². The molecule has 1 fully saturated rings. The Balaban J connectivity index is 1.47. The first-order valence-corrected chi connectivity index (χ1v) is 10.3. The molecule has 3 aromatic rings. The number of benzene rings is 2. The summed E-state index contributed by atoms with van der Waals surface area (Å²) in [4.78, 5) is 18.9. The second-order valence-electron chi connectivity index (χ2n) is 7.71. The average Bonchev–Trinajstić information content (AvgIpc) is 2.85. The Hall–Kier alpha value is -3.49. The molecule has 2 heterocycles. The van der Waals surface area contributed by atoms with E-state index in [2.05, 4.69) is 4.98 Å². The zero-order chi connectivity index (χ0) is 23.5. The maximum atomic E-state index is 13.8. The summed E-state index contributed by atoms with van der Waals surface area (Å²) in [5.41, 5.74) is 1.58. The van der Waals surface area contributed by atoms with Gasteiger partial charge in [-0.3, -0.25) is 9.78 Å². The molecule has 0 aliphatic carbocycles. The van der Waals surface area contributed by atoms with E-state index >= 15 is 0 Å². The van der Waals surface area contributed by atoms with Crippen molar-refractivity contribution < 1.29 is 31.5 Å². The van der Waals surface area contributed by atoms with Gasteiger partial charge in [0, 0.05) is 18.9 Å². The molecule has 2 aromatic carbocycles. The number of rotatable bonds is 5. The number of carbonyl (C=O) groups is 1. The SMILES string of the molecule is O=C(Cc1ccc(Oc2c(F)c(F)c(F)c(F)c2F)cc1)N1CCCC[C@H]1c1cccnc1. The van der Waals surface area contributed by atoms with Crippen LogP contribution in [0.3, 0.4) is 0 Å². The lowest BCUT2D eigenvalue weighted by atomic mass is 9.95. The Morgan fingerprint density at radius 3 is 2.24 bits per heavy atom. The molecule has 1 aliphatic rings. The Morgan fingerprint density at radius 2 is 1.61 bits per heavy atom. The molecule has 4 nitrogen and oxygen atoms in total. The number of ether oxygens (including phenoxy) is 1. The minimum atomic E-state index is -2.26. The first-order chi connectivity index (χ1) is 15.9.